The summed E-state index contributed by atoms with van der Waals surface area (Å²) in [7, 11) is 0. The standard InChI is InChI=1S/C20H30N2O4/c1-5-25-18(23)14-8-11-17(16(21)12-14)22-15-9-6-13(7-10-15)19(24)26-20(2,3)4/h8,11-13,15,22H,5-7,9-10,21H2,1-4H3. The number of nitrogens with one attached hydrogen (secondary N) is 1. The van der Waals surface area contributed by atoms with Gasteiger partial charge in [-0.1, -0.05) is 0 Å². The Morgan fingerprint density at radius 1 is 1.19 bits per heavy atom. The Morgan fingerprint density at radius 2 is 1.85 bits per heavy atom. The first-order chi connectivity index (χ1) is 12.2. The van der Waals surface area contributed by atoms with Crippen LogP contribution >= 0.6 is 0 Å². The Labute approximate surface area is 155 Å². The average Bonchev–Trinajstić information content (AvgIpc) is 2.56. The third-order valence-electron chi connectivity index (χ3n) is 4.39. The number of carbonyl (C=O) groups excluding carboxylic acids is 2. The molecule has 0 aliphatic heterocycles. The van der Waals surface area contributed by atoms with E-state index in [0.29, 0.717) is 17.9 Å². The van der Waals surface area contributed by atoms with Gasteiger partial charge in [0.05, 0.1) is 29.5 Å². The molecule has 1 fully saturated rings. The molecule has 1 aromatic rings. The van der Waals surface area contributed by atoms with Gasteiger partial charge in [-0.05, 0) is 71.6 Å². The number of anilines is 2. The molecule has 26 heavy (non-hydrogen) atoms. The second-order valence-electron chi connectivity index (χ2n) is 7.75. The van der Waals surface area contributed by atoms with Crippen LogP contribution in [0.4, 0.5) is 11.4 Å². The molecule has 0 saturated heterocycles. The molecule has 0 bridgehead atoms. The van der Waals surface area contributed by atoms with E-state index in [-0.39, 0.29) is 23.9 Å². The van der Waals surface area contributed by atoms with E-state index in [1.165, 1.54) is 0 Å². The number of hydrogen-bond donors (Lipinski definition) is 2. The lowest BCUT2D eigenvalue weighted by atomic mass is 9.86. The molecule has 0 aromatic heterocycles. The summed E-state index contributed by atoms with van der Waals surface area (Å²) in [6.07, 6.45) is 3.35. The van der Waals surface area contributed by atoms with Crippen molar-refractivity contribution in [2.75, 3.05) is 17.7 Å². The Morgan fingerprint density at radius 3 is 2.38 bits per heavy atom. The summed E-state index contributed by atoms with van der Waals surface area (Å²) in [4.78, 5) is 23.9. The van der Waals surface area contributed by atoms with Crippen molar-refractivity contribution in [3.63, 3.8) is 0 Å². The molecule has 6 nitrogen and oxygen atoms in total. The molecular formula is C20H30N2O4. The maximum atomic E-state index is 12.2. The normalized spacial score (nSPS) is 20.3. The highest BCUT2D eigenvalue weighted by atomic mass is 16.6. The van der Waals surface area contributed by atoms with Crippen molar-refractivity contribution in [1.29, 1.82) is 0 Å². The molecule has 1 aliphatic carbocycles. The highest BCUT2D eigenvalue weighted by Gasteiger charge is 2.30. The minimum Gasteiger partial charge on any atom is -0.462 e. The summed E-state index contributed by atoms with van der Waals surface area (Å²) < 4.78 is 10.5. The van der Waals surface area contributed by atoms with Gasteiger partial charge in [-0.2, -0.15) is 0 Å². The minimum absolute atomic E-state index is 0.0317. The van der Waals surface area contributed by atoms with Gasteiger partial charge >= 0.3 is 11.9 Å². The fraction of sp³-hybridized carbons (Fsp3) is 0.600. The summed E-state index contributed by atoms with van der Waals surface area (Å²) >= 11 is 0. The number of esters is 2. The molecule has 0 heterocycles. The second-order valence-corrected chi connectivity index (χ2v) is 7.75. The molecule has 0 atom stereocenters. The number of benzene rings is 1. The molecule has 0 amide bonds. The van der Waals surface area contributed by atoms with Crippen LogP contribution in [0.2, 0.25) is 0 Å². The fourth-order valence-electron chi connectivity index (χ4n) is 3.11. The van der Waals surface area contributed by atoms with E-state index in [1.54, 1.807) is 19.1 Å². The molecule has 1 saturated carbocycles. The van der Waals surface area contributed by atoms with Crippen LogP contribution in [0, 0.1) is 5.92 Å². The lowest BCUT2D eigenvalue weighted by Gasteiger charge is -2.31. The van der Waals surface area contributed by atoms with Crippen LogP contribution in [0.25, 0.3) is 0 Å². The number of nitrogens with two attached hydrogens (primary N) is 1. The molecule has 0 unspecified atom stereocenters. The first kappa shape index (κ1) is 20.1. The maximum Gasteiger partial charge on any atom is 0.338 e. The van der Waals surface area contributed by atoms with Crippen molar-refractivity contribution >= 4 is 23.3 Å². The lowest BCUT2D eigenvalue weighted by Crippen LogP contribution is -2.34. The monoisotopic (exact) mass is 362 g/mol. The van der Waals surface area contributed by atoms with Gasteiger partial charge in [0.1, 0.15) is 5.60 Å². The zero-order valence-corrected chi connectivity index (χ0v) is 16.1. The molecule has 2 rings (SSSR count). The van der Waals surface area contributed by atoms with Gasteiger partial charge in [-0.15, -0.1) is 0 Å². The van der Waals surface area contributed by atoms with Gasteiger partial charge in [0.25, 0.3) is 0 Å². The quantitative estimate of drug-likeness (QED) is 0.612. The SMILES string of the molecule is CCOC(=O)c1ccc(NC2CCC(C(=O)OC(C)(C)C)CC2)c(N)c1. The Balaban J connectivity index is 1.89. The van der Waals surface area contributed by atoms with Crippen molar-refractivity contribution in [3.05, 3.63) is 23.8 Å². The van der Waals surface area contributed by atoms with E-state index in [0.717, 1.165) is 31.4 Å². The molecule has 0 spiro atoms. The van der Waals surface area contributed by atoms with Crippen molar-refractivity contribution in [2.45, 2.75) is 65.0 Å². The van der Waals surface area contributed by atoms with E-state index in [2.05, 4.69) is 5.32 Å². The van der Waals surface area contributed by atoms with Crippen LogP contribution in [0.15, 0.2) is 18.2 Å². The largest absolute Gasteiger partial charge is 0.462 e. The highest BCUT2D eigenvalue weighted by molar-refractivity contribution is 5.92. The Hall–Kier alpha value is -2.24. The van der Waals surface area contributed by atoms with Crippen LogP contribution in [0.5, 0.6) is 0 Å². The maximum absolute atomic E-state index is 12.2. The van der Waals surface area contributed by atoms with Crippen LogP contribution < -0.4 is 11.1 Å². The van der Waals surface area contributed by atoms with E-state index in [1.807, 2.05) is 26.8 Å². The Kier molecular flexibility index (Phi) is 6.51. The highest BCUT2D eigenvalue weighted by Crippen LogP contribution is 2.30. The van der Waals surface area contributed by atoms with E-state index in [9.17, 15) is 9.59 Å². The van der Waals surface area contributed by atoms with Crippen LogP contribution in [0.3, 0.4) is 0 Å². The summed E-state index contributed by atoms with van der Waals surface area (Å²) in [6, 6.07) is 5.40. The van der Waals surface area contributed by atoms with Crippen molar-refractivity contribution in [1.82, 2.24) is 0 Å². The third kappa shape index (κ3) is 5.64. The van der Waals surface area contributed by atoms with Gasteiger partial charge in [-0.3, -0.25) is 4.79 Å². The number of carbonyl (C=O) groups is 2. The number of nitrogen functional groups attached to an aromatic ring is 1. The number of hydrogen-bond acceptors (Lipinski definition) is 6. The van der Waals surface area contributed by atoms with E-state index >= 15 is 0 Å². The Bertz CT molecular complexity index is 644. The predicted molar refractivity (Wildman–Crippen MR) is 102 cm³/mol. The molecule has 1 aliphatic rings. The van der Waals surface area contributed by atoms with Gasteiger partial charge in [0.2, 0.25) is 0 Å². The zero-order valence-electron chi connectivity index (χ0n) is 16.1. The first-order valence-electron chi connectivity index (χ1n) is 9.25. The molecule has 6 heteroatoms. The van der Waals surface area contributed by atoms with Crippen molar-refractivity contribution in [2.24, 2.45) is 5.92 Å². The summed E-state index contributed by atoms with van der Waals surface area (Å²) in [5.41, 5.74) is 7.40. The molecular weight excluding hydrogens is 332 g/mol. The van der Waals surface area contributed by atoms with Crippen LogP contribution in [0.1, 0.15) is 63.7 Å². The van der Waals surface area contributed by atoms with Crippen molar-refractivity contribution < 1.29 is 19.1 Å². The van der Waals surface area contributed by atoms with Gasteiger partial charge in [0, 0.05) is 6.04 Å². The summed E-state index contributed by atoms with van der Waals surface area (Å²) in [5, 5.41) is 3.43. The van der Waals surface area contributed by atoms with Crippen molar-refractivity contribution in [3.8, 4) is 0 Å². The van der Waals surface area contributed by atoms with Crippen LogP contribution in [-0.2, 0) is 14.3 Å². The smallest absolute Gasteiger partial charge is 0.338 e. The predicted octanol–water partition coefficient (Wildman–Crippen LogP) is 3.76. The third-order valence-corrected chi connectivity index (χ3v) is 4.39. The molecule has 1 aromatic carbocycles. The van der Waals surface area contributed by atoms with Gasteiger partial charge in [-0.25, -0.2) is 4.79 Å². The molecule has 0 radical (unpaired) electrons. The molecule has 3 N–H and O–H groups in total. The van der Waals surface area contributed by atoms with Gasteiger partial charge < -0.3 is 20.5 Å². The number of rotatable bonds is 5. The molecule has 144 valence electrons. The van der Waals surface area contributed by atoms with Gasteiger partial charge in [0.15, 0.2) is 0 Å². The van der Waals surface area contributed by atoms with E-state index < -0.39 is 5.60 Å². The topological polar surface area (TPSA) is 90.6 Å². The zero-order chi connectivity index (χ0) is 19.3. The van der Waals surface area contributed by atoms with E-state index in [4.69, 9.17) is 15.2 Å². The first-order valence-corrected chi connectivity index (χ1v) is 9.25. The fourth-order valence-corrected chi connectivity index (χ4v) is 3.11. The number of ether oxygens (including phenoxy) is 2. The lowest BCUT2D eigenvalue weighted by molar-refractivity contribution is -0.161. The minimum atomic E-state index is -0.443. The summed E-state index contributed by atoms with van der Waals surface area (Å²) in [5.74, 6) is -0.506. The summed E-state index contributed by atoms with van der Waals surface area (Å²) in [6.45, 7) is 7.77. The second kappa shape index (κ2) is 8.43. The average molecular weight is 362 g/mol. The van der Waals surface area contributed by atoms with Crippen LogP contribution in [-0.4, -0.2) is 30.2 Å².